The van der Waals surface area contributed by atoms with Crippen molar-refractivity contribution in [2.24, 2.45) is 0 Å². The molecule has 1 N–H and O–H groups in total. The van der Waals surface area contributed by atoms with E-state index in [1.807, 2.05) is 33.8 Å². The van der Waals surface area contributed by atoms with Gasteiger partial charge in [0.05, 0.1) is 10.8 Å². The average Bonchev–Trinajstić information content (AvgIpc) is 3.11. The monoisotopic (exact) mass is 402 g/mol. The predicted molar refractivity (Wildman–Crippen MR) is 114 cm³/mol. The first kappa shape index (κ1) is 18.2. The summed E-state index contributed by atoms with van der Waals surface area (Å²) in [6.07, 6.45) is 0. The largest absolute Gasteiger partial charge is 0.506 e. The molecule has 30 heavy (non-hydrogen) atoms. The van der Waals surface area contributed by atoms with Gasteiger partial charge in [0.15, 0.2) is 5.58 Å². The molecule has 0 aliphatic carbocycles. The van der Waals surface area contributed by atoms with Crippen molar-refractivity contribution in [3.05, 3.63) is 73.4 Å². The highest BCUT2D eigenvalue weighted by atomic mass is 16.4. The number of aromatic hydroxyl groups is 1. The number of benzene rings is 2. The Morgan fingerprint density at radius 2 is 1.17 bits per heavy atom. The second-order valence-electron chi connectivity index (χ2n) is 7.72. The molecule has 0 fully saturated rings. The van der Waals surface area contributed by atoms with Crippen molar-refractivity contribution in [3.63, 3.8) is 0 Å². The molecule has 6 heteroatoms. The average molecular weight is 402 g/mol. The van der Waals surface area contributed by atoms with Gasteiger partial charge in [0.1, 0.15) is 33.6 Å². The van der Waals surface area contributed by atoms with Crippen LogP contribution in [0.15, 0.2) is 53.2 Å². The van der Waals surface area contributed by atoms with E-state index in [1.54, 1.807) is 18.2 Å². The molecule has 2 aromatic carbocycles. The summed E-state index contributed by atoms with van der Waals surface area (Å²) in [5, 5.41) is 12.1. The fourth-order valence-corrected chi connectivity index (χ4v) is 3.73. The SMILES string of the molecule is Cc1cc2oc(=O)c(-c3cc4c(=O)oc5cc(C)c(C)cc5c4o3)c(O)c2cc1C. The van der Waals surface area contributed by atoms with Gasteiger partial charge in [-0.05, 0) is 74.2 Å². The van der Waals surface area contributed by atoms with Crippen LogP contribution in [0.5, 0.6) is 5.75 Å². The van der Waals surface area contributed by atoms with Crippen molar-refractivity contribution in [3.8, 4) is 17.1 Å². The molecule has 0 spiro atoms. The zero-order chi connectivity index (χ0) is 21.3. The molecular formula is C24H18O6. The summed E-state index contributed by atoms with van der Waals surface area (Å²) in [6, 6.07) is 8.53. The molecule has 0 amide bonds. The number of rotatable bonds is 1. The number of hydrogen-bond donors (Lipinski definition) is 1. The summed E-state index contributed by atoms with van der Waals surface area (Å²) >= 11 is 0. The first-order valence-electron chi connectivity index (χ1n) is 9.49. The zero-order valence-electron chi connectivity index (χ0n) is 16.9. The Morgan fingerprint density at radius 3 is 1.83 bits per heavy atom. The molecule has 5 rings (SSSR count). The van der Waals surface area contributed by atoms with Gasteiger partial charge in [-0.1, -0.05) is 0 Å². The second-order valence-corrected chi connectivity index (χ2v) is 7.72. The molecule has 6 nitrogen and oxygen atoms in total. The quantitative estimate of drug-likeness (QED) is 0.385. The van der Waals surface area contributed by atoms with E-state index >= 15 is 0 Å². The Bertz CT molecular complexity index is 1630. The predicted octanol–water partition coefficient (Wildman–Crippen LogP) is 5.25. The Morgan fingerprint density at radius 1 is 0.633 bits per heavy atom. The smallest absolute Gasteiger partial charge is 0.351 e. The highest BCUT2D eigenvalue weighted by molar-refractivity contribution is 6.03. The van der Waals surface area contributed by atoms with Gasteiger partial charge in [0, 0.05) is 6.07 Å². The Labute approximate surface area is 170 Å². The minimum absolute atomic E-state index is 0.0504. The van der Waals surface area contributed by atoms with Crippen LogP contribution in [0.25, 0.3) is 44.2 Å². The fourth-order valence-electron chi connectivity index (χ4n) is 3.73. The van der Waals surface area contributed by atoms with E-state index in [9.17, 15) is 14.7 Å². The molecule has 0 bridgehead atoms. The van der Waals surface area contributed by atoms with E-state index < -0.39 is 11.3 Å². The molecule has 5 aromatic rings. The minimum atomic E-state index is -0.747. The van der Waals surface area contributed by atoms with Gasteiger partial charge >= 0.3 is 11.3 Å². The first-order chi connectivity index (χ1) is 14.2. The van der Waals surface area contributed by atoms with E-state index in [0.717, 1.165) is 22.3 Å². The highest BCUT2D eigenvalue weighted by Crippen LogP contribution is 2.37. The molecule has 0 atom stereocenters. The highest BCUT2D eigenvalue weighted by Gasteiger charge is 2.22. The van der Waals surface area contributed by atoms with E-state index in [-0.39, 0.29) is 28.0 Å². The standard InChI is InChI=1S/C24H18O6/c1-10-5-14-17(7-12(10)3)30-24(27)20(21(14)25)19-9-16-22(28-19)15-6-11(2)13(4)8-18(15)29-23(16)26/h5-9,25H,1-4H3. The second kappa shape index (κ2) is 6.10. The van der Waals surface area contributed by atoms with Crippen LogP contribution in [0, 0.1) is 27.7 Å². The third-order valence-electron chi connectivity index (χ3n) is 5.74. The lowest BCUT2D eigenvalue weighted by Gasteiger charge is -2.07. The van der Waals surface area contributed by atoms with Gasteiger partial charge in [0.2, 0.25) is 0 Å². The van der Waals surface area contributed by atoms with Crippen molar-refractivity contribution >= 4 is 32.9 Å². The first-order valence-corrected chi connectivity index (χ1v) is 9.49. The summed E-state index contributed by atoms with van der Waals surface area (Å²) in [6.45, 7) is 7.67. The molecular weight excluding hydrogens is 384 g/mol. The molecule has 3 heterocycles. The topological polar surface area (TPSA) is 93.8 Å². The normalized spacial score (nSPS) is 11.7. The third kappa shape index (κ3) is 2.50. The van der Waals surface area contributed by atoms with Gasteiger partial charge < -0.3 is 18.4 Å². The summed E-state index contributed by atoms with van der Waals surface area (Å²) < 4.78 is 16.8. The maximum absolute atomic E-state index is 12.7. The van der Waals surface area contributed by atoms with E-state index in [4.69, 9.17) is 13.3 Å². The number of furan rings is 1. The Balaban J connectivity index is 1.87. The summed E-state index contributed by atoms with van der Waals surface area (Å²) in [7, 11) is 0. The van der Waals surface area contributed by atoms with Crippen LogP contribution in [0.3, 0.4) is 0 Å². The molecule has 0 radical (unpaired) electrons. The molecule has 0 saturated carbocycles. The molecule has 0 aliphatic rings. The van der Waals surface area contributed by atoms with Crippen LogP contribution >= 0.6 is 0 Å². The lowest BCUT2D eigenvalue weighted by molar-refractivity contribution is 0.467. The Hall–Kier alpha value is -3.80. The molecule has 0 aliphatic heterocycles. The number of hydrogen-bond acceptors (Lipinski definition) is 6. The van der Waals surface area contributed by atoms with Crippen molar-refractivity contribution < 1.29 is 18.4 Å². The summed E-state index contributed by atoms with van der Waals surface area (Å²) in [5.74, 6) is -0.196. The molecule has 0 unspecified atom stereocenters. The van der Waals surface area contributed by atoms with Crippen molar-refractivity contribution in [1.82, 2.24) is 0 Å². The molecule has 3 aromatic heterocycles. The maximum atomic E-state index is 12.7. The Kier molecular flexibility index (Phi) is 3.71. The lowest BCUT2D eigenvalue weighted by Crippen LogP contribution is -2.03. The van der Waals surface area contributed by atoms with E-state index in [0.29, 0.717) is 21.9 Å². The third-order valence-corrected chi connectivity index (χ3v) is 5.74. The van der Waals surface area contributed by atoms with Gasteiger partial charge in [-0.3, -0.25) is 0 Å². The summed E-state index contributed by atoms with van der Waals surface area (Å²) in [5.41, 5.74) is 3.42. The lowest BCUT2D eigenvalue weighted by atomic mass is 10.0. The number of aryl methyl sites for hydroxylation is 4. The van der Waals surface area contributed by atoms with Crippen LogP contribution < -0.4 is 11.3 Å². The summed E-state index contributed by atoms with van der Waals surface area (Å²) in [4.78, 5) is 25.2. The van der Waals surface area contributed by atoms with Crippen LogP contribution in [-0.4, -0.2) is 5.11 Å². The van der Waals surface area contributed by atoms with E-state index in [1.165, 1.54) is 6.07 Å². The minimum Gasteiger partial charge on any atom is -0.506 e. The van der Waals surface area contributed by atoms with Crippen molar-refractivity contribution in [1.29, 1.82) is 0 Å². The van der Waals surface area contributed by atoms with Crippen LogP contribution in [0.1, 0.15) is 22.3 Å². The van der Waals surface area contributed by atoms with Crippen molar-refractivity contribution in [2.75, 3.05) is 0 Å². The van der Waals surface area contributed by atoms with Gasteiger partial charge in [-0.15, -0.1) is 0 Å². The van der Waals surface area contributed by atoms with E-state index in [2.05, 4.69) is 0 Å². The van der Waals surface area contributed by atoms with Crippen LogP contribution in [0.4, 0.5) is 0 Å². The van der Waals surface area contributed by atoms with Crippen molar-refractivity contribution in [2.45, 2.75) is 27.7 Å². The maximum Gasteiger partial charge on any atom is 0.351 e. The fraction of sp³-hybridized carbons (Fsp3) is 0.167. The molecule has 0 saturated heterocycles. The van der Waals surface area contributed by atoms with Crippen LogP contribution in [-0.2, 0) is 0 Å². The molecule has 150 valence electrons. The van der Waals surface area contributed by atoms with Crippen LogP contribution in [0.2, 0.25) is 0 Å². The van der Waals surface area contributed by atoms with Gasteiger partial charge in [0.25, 0.3) is 0 Å². The van der Waals surface area contributed by atoms with Gasteiger partial charge in [-0.25, -0.2) is 9.59 Å². The van der Waals surface area contributed by atoms with Gasteiger partial charge in [-0.2, -0.15) is 0 Å². The number of fused-ring (bicyclic) bond motifs is 4. The zero-order valence-corrected chi connectivity index (χ0v) is 16.9.